The van der Waals surface area contributed by atoms with Crippen LogP contribution in [0.25, 0.3) is 0 Å². The summed E-state index contributed by atoms with van der Waals surface area (Å²) in [6.45, 7) is 17.1. The predicted molar refractivity (Wildman–Crippen MR) is 472 cm³/mol. The minimum Gasteiger partial charge on any atom is -0.481 e. The Morgan fingerprint density at radius 2 is 0.731 bits per heavy atom. The Labute approximate surface area is 773 Å². The third kappa shape index (κ3) is 44.9. The molecule has 0 spiro atoms. The zero-order valence-corrected chi connectivity index (χ0v) is 77.5. The first-order valence-electron chi connectivity index (χ1n) is 43.8. The summed E-state index contributed by atoms with van der Waals surface area (Å²) in [4.78, 5) is 309. The van der Waals surface area contributed by atoms with Crippen molar-refractivity contribution in [2.45, 2.75) is 302 Å². The van der Waals surface area contributed by atoms with Gasteiger partial charge in [0.25, 0.3) is 0 Å². The summed E-state index contributed by atoms with van der Waals surface area (Å²) < 4.78 is 0. The van der Waals surface area contributed by atoms with Crippen molar-refractivity contribution in [3.8, 4) is 0 Å². The number of aliphatic carboxylic acids is 4. The quantitative estimate of drug-likeness (QED) is 0.0153. The van der Waals surface area contributed by atoms with E-state index in [4.69, 9.17) is 34.1 Å². The molecule has 1 aliphatic rings. The number of carbonyl (C=O) groups excluding carboxylic acids is 19. The Morgan fingerprint density at radius 3 is 1.16 bits per heavy atom. The van der Waals surface area contributed by atoms with Crippen LogP contribution in [0.15, 0.2) is 0 Å². The van der Waals surface area contributed by atoms with Gasteiger partial charge in [-0.05, 0) is 128 Å². The molecule has 19 amide bonds. The molecule has 0 unspecified atom stereocenters. The Hall–Kier alpha value is -13.1. The number of aliphatic hydroxyl groups excluding tert-OH is 2. The Balaban J connectivity index is 3.49. The predicted octanol–water partition coefficient (Wildman–Crippen LogP) is -10.4. The van der Waals surface area contributed by atoms with Gasteiger partial charge in [0.1, 0.15) is 90.6 Å². The highest BCUT2D eigenvalue weighted by Gasteiger charge is 2.43. The number of primary amides is 2. The summed E-state index contributed by atoms with van der Waals surface area (Å²) in [5.41, 5.74) is 27.3. The number of nitrogens with two attached hydrogens (primary N) is 5. The van der Waals surface area contributed by atoms with E-state index >= 15 is 0 Å². The number of aliphatic hydroxyl groups is 2. The number of amides is 19. The highest BCUT2D eigenvalue weighted by molar-refractivity contribution is 6.03. The third-order valence-electron chi connectivity index (χ3n) is 20.4. The fraction of sp³-hybridized carbons (Fsp3) is 0.704. The van der Waals surface area contributed by atoms with Gasteiger partial charge in [-0.2, -0.15) is 0 Å². The van der Waals surface area contributed by atoms with Crippen LogP contribution in [0.4, 0.5) is 0 Å². The van der Waals surface area contributed by atoms with E-state index in [1.54, 1.807) is 41.5 Å². The second-order valence-electron chi connectivity index (χ2n) is 34.5. The Morgan fingerprint density at radius 1 is 0.373 bits per heavy atom. The molecule has 0 aliphatic carbocycles. The summed E-state index contributed by atoms with van der Waals surface area (Å²) in [6.07, 6.45) is -8.35. The van der Waals surface area contributed by atoms with Crippen LogP contribution in [0.2, 0.25) is 0 Å². The van der Waals surface area contributed by atoms with E-state index in [-0.39, 0.29) is 102 Å². The smallest absolute Gasteiger partial charge is 0.326 e. The van der Waals surface area contributed by atoms with E-state index in [1.807, 2.05) is 0 Å². The number of nitrogens with one attached hydrogen (secondary N) is 18. The molecular formula is C81H138N24O29. The topological polar surface area (TPSA) is 876 Å². The zero-order valence-electron chi connectivity index (χ0n) is 77.5. The maximum atomic E-state index is 14.7. The molecule has 18 atom stereocenters. The van der Waals surface area contributed by atoms with Crippen molar-refractivity contribution in [2.75, 3.05) is 32.7 Å². The van der Waals surface area contributed by atoms with Gasteiger partial charge < -0.3 is 155 Å². The van der Waals surface area contributed by atoms with Crippen molar-refractivity contribution in [3.05, 3.63) is 0 Å². The monoisotopic (exact) mass is 1910 g/mol. The summed E-state index contributed by atoms with van der Waals surface area (Å²) in [7, 11) is 0. The SMILES string of the molecule is CC(C)C[C@H](NC(=O)CNC(=O)[C@@H]1CCCN1C(=O)[C@H](CCCNC(=N)N)NC(=O)[C@H](CC(=O)O)NC(=O)[C@H](NC(=O)[C@H](CC(N)=O)NC(=O)[C@@H](NC(=O)[C@H](CC(=O)O)NC(=O)CNC(=O)[C@@H](NC(=O)[C@@H](NC(=O)[C@H](C)NC(=O)[C@@H](N)CCC(N)=O)[C@@H](C)O)C(C)C)C(C)C)[C@H](C)O)C(=O)N[C@@H](CC(C)C)C(=O)N[C@@H](CC(=O)O)C(=O)N[C@@H](CC(C)C)C(=O)N[C@@H](CCCCN)C(=O)O. The lowest BCUT2D eigenvalue weighted by Crippen LogP contribution is -2.62. The van der Waals surface area contributed by atoms with Crippen LogP contribution in [0.5, 0.6) is 0 Å². The summed E-state index contributed by atoms with van der Waals surface area (Å²) in [6, 6.07) is -26.9. The van der Waals surface area contributed by atoms with Crippen molar-refractivity contribution in [3.63, 3.8) is 0 Å². The normalized spacial score (nSPS) is 16.2. The summed E-state index contributed by atoms with van der Waals surface area (Å²) in [5, 5.41) is 108. The second-order valence-corrected chi connectivity index (χ2v) is 34.5. The lowest BCUT2D eigenvalue weighted by molar-refractivity contribution is -0.144. The fourth-order valence-corrected chi connectivity index (χ4v) is 13.4. The molecule has 756 valence electrons. The van der Waals surface area contributed by atoms with Crippen LogP contribution in [0.1, 0.15) is 193 Å². The van der Waals surface area contributed by atoms with Gasteiger partial charge in [-0.25, -0.2) is 4.79 Å². The van der Waals surface area contributed by atoms with Gasteiger partial charge in [0.05, 0.1) is 57.0 Å². The van der Waals surface area contributed by atoms with Crippen LogP contribution in [-0.2, 0) is 110 Å². The maximum Gasteiger partial charge on any atom is 0.326 e. The number of rotatable bonds is 63. The molecule has 1 fully saturated rings. The average Bonchev–Trinajstić information content (AvgIpc) is 1.72. The second kappa shape index (κ2) is 59.4. The van der Waals surface area contributed by atoms with Crippen molar-refractivity contribution in [1.82, 2.24) is 95.3 Å². The molecule has 0 saturated carbocycles. The number of carbonyl (C=O) groups is 23. The van der Waals surface area contributed by atoms with Gasteiger partial charge in [0.15, 0.2) is 5.96 Å². The molecule has 1 saturated heterocycles. The highest BCUT2D eigenvalue weighted by atomic mass is 16.4. The molecule has 0 bridgehead atoms. The van der Waals surface area contributed by atoms with E-state index in [2.05, 4.69) is 90.4 Å². The van der Waals surface area contributed by atoms with Crippen molar-refractivity contribution in [2.24, 2.45) is 58.3 Å². The Bertz CT molecular complexity index is 4130. The van der Waals surface area contributed by atoms with Crippen molar-refractivity contribution >= 4 is 142 Å². The third-order valence-corrected chi connectivity index (χ3v) is 20.4. The molecule has 53 nitrogen and oxygen atoms in total. The zero-order chi connectivity index (χ0) is 103. The van der Waals surface area contributed by atoms with Gasteiger partial charge in [0.2, 0.25) is 112 Å². The lowest BCUT2D eigenvalue weighted by Gasteiger charge is -2.30. The average molecular weight is 1910 g/mol. The summed E-state index contributed by atoms with van der Waals surface area (Å²) >= 11 is 0. The molecule has 0 aromatic carbocycles. The molecule has 1 heterocycles. The van der Waals surface area contributed by atoms with Gasteiger partial charge in [-0.1, -0.05) is 69.2 Å². The molecule has 0 radical (unpaired) electrons. The van der Waals surface area contributed by atoms with E-state index in [9.17, 15) is 141 Å². The van der Waals surface area contributed by atoms with E-state index < -0.39 is 302 Å². The van der Waals surface area contributed by atoms with Gasteiger partial charge >= 0.3 is 23.9 Å². The number of hydrogen-bond donors (Lipinski definition) is 29. The van der Waals surface area contributed by atoms with Crippen LogP contribution in [-0.4, -0.2) is 319 Å². The largest absolute Gasteiger partial charge is 0.481 e. The highest BCUT2D eigenvalue weighted by Crippen LogP contribution is 2.22. The molecule has 0 aromatic rings. The number of guanidine groups is 1. The van der Waals surface area contributed by atoms with Crippen LogP contribution >= 0.6 is 0 Å². The molecular weight excluding hydrogens is 1770 g/mol. The number of nitrogens with zero attached hydrogens (tertiary/aromatic N) is 1. The number of carboxylic acid groups (broad SMARTS) is 4. The fourth-order valence-electron chi connectivity index (χ4n) is 13.4. The first-order valence-corrected chi connectivity index (χ1v) is 43.8. The van der Waals surface area contributed by atoms with Crippen molar-refractivity contribution in [1.29, 1.82) is 5.41 Å². The van der Waals surface area contributed by atoms with E-state index in [0.29, 0.717) is 12.8 Å². The molecule has 53 heteroatoms. The lowest BCUT2D eigenvalue weighted by atomic mass is 9.99. The van der Waals surface area contributed by atoms with Crippen LogP contribution in [0, 0.1) is 35.0 Å². The Kier molecular flexibility index (Phi) is 52.7. The molecule has 1 rings (SSSR count). The number of carboxylic acids is 4. The molecule has 0 aromatic heterocycles. The number of hydrogen-bond acceptors (Lipinski definition) is 28. The molecule has 1 aliphatic heterocycles. The maximum absolute atomic E-state index is 14.7. The van der Waals surface area contributed by atoms with E-state index in [0.717, 1.165) is 18.7 Å². The van der Waals surface area contributed by atoms with E-state index in [1.165, 1.54) is 34.6 Å². The first kappa shape index (κ1) is 119. The minimum absolute atomic E-state index is 0.00465. The standard InChI is InChI=1S/C81H138N24O29/c1-35(2)26-46(67(120)96-48(28-37(5)6)69(122)98-51(31-59(114)115)71(124)97-47(27-36(3)4)68(121)95-45(80(133)134)18-14-15-23-82)92-56(110)33-89-74(127)53-20-17-25-105(53)79(132)44(19-16-24-88-81(86)87)94-70(123)52(32-60(116)117)100-77(130)63(41(12)106)104-72(125)49(29-55(85)109)99-76(129)62(39(9)10)101-73(126)50(30-58(112)113)93-57(111)34-90-75(128)61(38(7)8)102-78(131)64(42(13)107)103-65(118)40(11)91-66(119)43(83)21-22-54(84)108/h35-53,61-64,106-107H,14-34,82-83H2,1-13H3,(H2,84,108)(H2,85,109)(H,89,127)(H,90,128)(H,91,119)(H,92,110)(H,93,111)(H,94,123)(H,95,121)(H,96,120)(H,97,124)(H,98,122)(H,99,129)(H,100,130)(H,101,126)(H,102,131)(H,103,118)(H,104,125)(H,112,113)(H,114,115)(H,116,117)(H,133,134)(H4,86,87,88)/t40-,41-,42+,43-,44-,45-,46-,47-,48-,49-,50-,51-,52-,53-,61-,62-,63+,64-/m0/s1. The van der Waals surface area contributed by atoms with Gasteiger partial charge in [-0.3, -0.25) is 111 Å². The van der Waals surface area contributed by atoms with Gasteiger partial charge in [0, 0.05) is 19.5 Å². The first-order chi connectivity index (χ1) is 62.3. The molecule has 134 heavy (non-hydrogen) atoms. The van der Waals surface area contributed by atoms with Crippen molar-refractivity contribution < 1.29 is 141 Å². The summed E-state index contributed by atoms with van der Waals surface area (Å²) in [5.74, 6) is -30.9. The molecule has 34 N–H and O–H groups in total. The number of unbranched alkanes of at least 4 members (excludes halogenated alkanes) is 1. The van der Waals surface area contributed by atoms with Gasteiger partial charge in [-0.15, -0.1) is 0 Å². The minimum atomic E-state index is -2.22. The van der Waals surface area contributed by atoms with Crippen LogP contribution in [0.3, 0.4) is 0 Å². The number of likely N-dealkylation sites (tertiary alicyclic amines) is 1. The van der Waals surface area contributed by atoms with Crippen LogP contribution < -0.4 is 119 Å².